The van der Waals surface area contributed by atoms with Crippen LogP contribution >= 0.6 is 23.2 Å². The van der Waals surface area contributed by atoms with Crippen LogP contribution in [0.3, 0.4) is 0 Å². The van der Waals surface area contributed by atoms with Gasteiger partial charge in [0.2, 0.25) is 11.6 Å². The normalized spacial score (nSPS) is 24.3. The van der Waals surface area contributed by atoms with E-state index in [-0.39, 0.29) is 29.3 Å². The summed E-state index contributed by atoms with van der Waals surface area (Å²) in [7, 11) is 2.71. The van der Waals surface area contributed by atoms with Gasteiger partial charge in [-0.15, -0.1) is 18.2 Å². The minimum absolute atomic E-state index is 0.0122. The second-order valence-corrected chi connectivity index (χ2v) is 8.20. The Morgan fingerprint density at radius 2 is 1.96 bits per heavy atom. The van der Waals surface area contributed by atoms with E-state index < -0.39 is 39.3 Å². The number of alkyl halides is 1. The molecule has 0 bridgehead atoms. The summed E-state index contributed by atoms with van der Waals surface area (Å²) in [5.74, 6) is -2.75. The van der Waals surface area contributed by atoms with E-state index >= 15 is 0 Å². The Morgan fingerprint density at radius 1 is 1.38 bits per heavy atom. The highest BCUT2D eigenvalue weighted by atomic mass is 35.5. The van der Waals surface area contributed by atoms with Gasteiger partial charge in [-0.05, 0) is 12.8 Å². The lowest BCUT2D eigenvalue weighted by Gasteiger charge is -2.40. The molecule has 0 radical (unpaired) electrons. The van der Waals surface area contributed by atoms with Crippen LogP contribution in [0.5, 0.6) is 0 Å². The predicted molar refractivity (Wildman–Crippen MR) is 101 cm³/mol. The van der Waals surface area contributed by atoms with Crippen LogP contribution in [0.15, 0.2) is 23.4 Å². The van der Waals surface area contributed by atoms with Crippen molar-refractivity contribution in [3.05, 3.63) is 23.4 Å². The van der Waals surface area contributed by atoms with E-state index in [1.54, 1.807) is 0 Å². The summed E-state index contributed by atoms with van der Waals surface area (Å²) < 4.78 is 27.1. The monoisotopic (exact) mass is 427 g/mol. The number of allylic oxidation sites excluding steroid dienone is 2. The quantitative estimate of drug-likeness (QED) is 0.244. The fourth-order valence-corrected chi connectivity index (χ4v) is 4.23. The Labute approximate surface area is 165 Å². The van der Waals surface area contributed by atoms with Crippen molar-refractivity contribution < 1.29 is 28.0 Å². The van der Waals surface area contributed by atoms with Gasteiger partial charge in [-0.1, -0.05) is 17.7 Å². The van der Waals surface area contributed by atoms with E-state index in [0.29, 0.717) is 0 Å². The van der Waals surface area contributed by atoms with Gasteiger partial charge in [0, 0.05) is 37.0 Å². The Morgan fingerprint density at radius 3 is 2.38 bits per heavy atom. The largest absolute Gasteiger partial charge is 0.467 e. The van der Waals surface area contributed by atoms with Crippen LogP contribution in [-0.2, 0) is 34.6 Å². The number of methoxy groups -OCH3 is 3. The number of rotatable bonds is 10. The van der Waals surface area contributed by atoms with E-state index in [1.807, 2.05) is 0 Å². The van der Waals surface area contributed by atoms with Gasteiger partial charge >= 0.3 is 5.97 Å². The first-order chi connectivity index (χ1) is 12.1. The third-order valence-electron chi connectivity index (χ3n) is 4.13. The molecular formula is C16H23Cl2NO6S. The summed E-state index contributed by atoms with van der Waals surface area (Å²) in [5, 5.41) is 2.62. The molecule has 0 saturated heterocycles. The van der Waals surface area contributed by atoms with E-state index in [1.165, 1.54) is 33.7 Å². The Kier molecular flexibility index (Phi) is 8.29. The van der Waals surface area contributed by atoms with Gasteiger partial charge in [0.25, 0.3) is 0 Å². The minimum atomic E-state index is -1.76. The maximum Gasteiger partial charge on any atom is 0.328 e. The van der Waals surface area contributed by atoms with Crippen LogP contribution < -0.4 is 5.32 Å². The van der Waals surface area contributed by atoms with Gasteiger partial charge in [-0.3, -0.25) is 9.00 Å². The highest BCUT2D eigenvalue weighted by Crippen LogP contribution is 2.50. The highest BCUT2D eigenvalue weighted by Gasteiger charge is 2.66. The molecule has 1 aliphatic rings. The summed E-state index contributed by atoms with van der Waals surface area (Å²) in [6.07, 6.45) is 3.15. The van der Waals surface area contributed by atoms with Gasteiger partial charge < -0.3 is 19.5 Å². The number of carbonyl (C=O) groups excluding carboxylic acids is 2. The molecule has 7 nitrogen and oxygen atoms in total. The Balaban J connectivity index is 3.36. The molecule has 1 N–H and O–H groups in total. The zero-order chi connectivity index (χ0) is 20.1. The van der Waals surface area contributed by atoms with E-state index in [9.17, 15) is 13.8 Å². The first kappa shape index (κ1) is 23.1. The molecule has 1 aliphatic carbocycles. The molecular weight excluding hydrogens is 405 g/mol. The van der Waals surface area contributed by atoms with Crippen molar-refractivity contribution in [3.8, 4) is 0 Å². The average Bonchev–Trinajstić information content (AvgIpc) is 2.76. The molecule has 10 heteroatoms. The number of carbonyl (C=O) groups is 2. The molecule has 0 aliphatic heterocycles. The van der Waals surface area contributed by atoms with Crippen molar-refractivity contribution in [1.82, 2.24) is 5.32 Å². The molecule has 2 unspecified atom stereocenters. The fraction of sp³-hybridized carbons (Fsp3) is 0.625. The summed E-state index contributed by atoms with van der Waals surface area (Å²) >= 11 is 12.8. The lowest BCUT2D eigenvalue weighted by Crippen LogP contribution is -2.58. The average molecular weight is 428 g/mol. The van der Waals surface area contributed by atoms with Crippen LogP contribution in [0, 0.1) is 0 Å². The molecule has 3 atom stereocenters. The van der Waals surface area contributed by atoms with Crippen LogP contribution in [0.2, 0.25) is 0 Å². The Bertz CT molecular complexity index is 634. The molecule has 0 aromatic rings. The van der Waals surface area contributed by atoms with Gasteiger partial charge in [0.15, 0.2) is 4.87 Å². The molecule has 0 spiro atoms. The molecule has 0 amide bonds. The molecule has 148 valence electrons. The first-order valence-electron chi connectivity index (χ1n) is 7.64. The van der Waals surface area contributed by atoms with Crippen molar-refractivity contribution in [2.24, 2.45) is 0 Å². The third kappa shape index (κ3) is 3.99. The highest BCUT2D eigenvalue weighted by molar-refractivity contribution is 7.84. The molecule has 0 fully saturated rings. The van der Waals surface area contributed by atoms with Gasteiger partial charge in [0.1, 0.15) is 11.1 Å². The lowest BCUT2D eigenvalue weighted by atomic mass is 9.93. The first-order valence-corrected chi connectivity index (χ1v) is 10.1. The van der Waals surface area contributed by atoms with Gasteiger partial charge in [-0.2, -0.15) is 0 Å². The molecule has 26 heavy (non-hydrogen) atoms. The number of esters is 1. The van der Waals surface area contributed by atoms with Crippen molar-refractivity contribution in [1.29, 1.82) is 0 Å². The lowest BCUT2D eigenvalue weighted by molar-refractivity contribution is -0.199. The maximum absolute atomic E-state index is 12.7. The Hall–Kier alpha value is -0.930. The third-order valence-corrected chi connectivity index (χ3v) is 5.87. The molecule has 0 aromatic carbocycles. The number of Topliss-reactive ketones (excluding diaryl/α,β-unsaturated/α-hetero) is 1. The number of hydrogen-bond acceptors (Lipinski definition) is 7. The second kappa shape index (κ2) is 9.32. The topological polar surface area (TPSA) is 90.9 Å². The van der Waals surface area contributed by atoms with Crippen LogP contribution in [-0.4, -0.2) is 66.0 Å². The summed E-state index contributed by atoms with van der Waals surface area (Å²) in [4.78, 5) is 23.1. The minimum Gasteiger partial charge on any atom is -0.467 e. The number of nitrogens with one attached hydrogen (secondary N) is 1. The predicted octanol–water partition coefficient (Wildman–Crippen LogP) is 1.46. The number of hydrogen-bond donors (Lipinski definition) is 1. The molecule has 0 aromatic heterocycles. The van der Waals surface area contributed by atoms with E-state index in [0.717, 1.165) is 0 Å². The SMILES string of the molecule is C=CCC1(Cl)C(=O)C(Cl)=C(N[C@@H](CCS(C)=O)C(=O)OC)C1(OC)OC. The number of ketones is 1. The van der Waals surface area contributed by atoms with Crippen molar-refractivity contribution >= 4 is 45.8 Å². The standard InChI is InChI=1S/C16H23Cl2NO6S/c1-6-8-15(18)13(20)11(17)12(16(15,24-3)25-4)19-10(14(21)23-2)7-9-26(5)22/h6,10,19H,1,7-9H2,2-5H3/t10-,15?,26?/m0/s1. The maximum atomic E-state index is 12.7. The van der Waals surface area contributed by atoms with Gasteiger partial charge in [0.05, 0.1) is 12.8 Å². The van der Waals surface area contributed by atoms with Crippen LogP contribution in [0.25, 0.3) is 0 Å². The summed E-state index contributed by atoms with van der Waals surface area (Å²) in [6.45, 7) is 3.60. The van der Waals surface area contributed by atoms with E-state index in [4.69, 9.17) is 37.4 Å². The van der Waals surface area contributed by atoms with Gasteiger partial charge in [-0.25, -0.2) is 4.79 Å². The second-order valence-electron chi connectivity index (χ2n) is 5.62. The van der Waals surface area contributed by atoms with Crippen molar-refractivity contribution in [2.75, 3.05) is 33.3 Å². The number of halogens is 2. The number of ether oxygens (including phenoxy) is 3. The van der Waals surface area contributed by atoms with E-state index in [2.05, 4.69) is 11.9 Å². The fourth-order valence-electron chi connectivity index (χ4n) is 2.82. The van der Waals surface area contributed by atoms with Crippen LogP contribution in [0.4, 0.5) is 0 Å². The van der Waals surface area contributed by atoms with Crippen LogP contribution in [0.1, 0.15) is 12.8 Å². The zero-order valence-corrected chi connectivity index (χ0v) is 17.4. The van der Waals surface area contributed by atoms with Crippen molar-refractivity contribution in [3.63, 3.8) is 0 Å². The zero-order valence-electron chi connectivity index (χ0n) is 15.1. The summed E-state index contributed by atoms with van der Waals surface area (Å²) in [5.41, 5.74) is 0.0169. The molecule has 0 saturated carbocycles. The summed E-state index contributed by atoms with van der Waals surface area (Å²) in [6, 6.07) is -0.923. The smallest absolute Gasteiger partial charge is 0.328 e. The van der Waals surface area contributed by atoms with Crippen molar-refractivity contribution in [2.45, 2.75) is 29.5 Å². The molecule has 1 rings (SSSR count). The molecule has 0 heterocycles.